The first kappa shape index (κ1) is 19.6. The third-order valence-electron chi connectivity index (χ3n) is 5.26. The van der Waals surface area contributed by atoms with Crippen molar-refractivity contribution in [2.75, 3.05) is 18.0 Å². The number of rotatable bonds is 5. The van der Waals surface area contributed by atoms with Crippen molar-refractivity contribution in [3.05, 3.63) is 87.6 Å². The molecule has 2 heterocycles. The number of amidine groups is 1. The largest absolute Gasteiger partial charge is 0.333 e. The number of benzene rings is 2. The van der Waals surface area contributed by atoms with Crippen LogP contribution in [0.5, 0.6) is 0 Å². The molecule has 2 aromatic carbocycles. The highest BCUT2D eigenvalue weighted by Crippen LogP contribution is 2.21. The van der Waals surface area contributed by atoms with E-state index in [4.69, 9.17) is 0 Å². The zero-order valence-electron chi connectivity index (χ0n) is 16.9. The number of hydrogen-bond acceptors (Lipinski definition) is 5. The summed E-state index contributed by atoms with van der Waals surface area (Å²) in [6, 6.07) is 15.6. The van der Waals surface area contributed by atoms with Gasteiger partial charge in [0.15, 0.2) is 0 Å². The van der Waals surface area contributed by atoms with E-state index >= 15 is 0 Å². The van der Waals surface area contributed by atoms with Crippen LogP contribution in [0.15, 0.2) is 64.4 Å². The number of nitrogens with zero attached hydrogens (tertiary/aromatic N) is 3. The SMILES string of the molecule is CCc1[nH]c(=O)n(C(=O)c2ccccc2)c1C(=O)c1ccc(N2CCN=C2C)cc1. The lowest BCUT2D eigenvalue weighted by molar-refractivity contribution is 0.0929. The maximum Gasteiger partial charge on any atom is 0.333 e. The Hall–Kier alpha value is -3.74. The Bertz CT molecular complexity index is 1190. The zero-order chi connectivity index (χ0) is 21.3. The Balaban J connectivity index is 1.73. The average molecular weight is 402 g/mol. The third kappa shape index (κ3) is 3.39. The molecule has 1 aliphatic rings. The van der Waals surface area contributed by atoms with Gasteiger partial charge >= 0.3 is 5.69 Å². The molecule has 3 aromatic rings. The highest BCUT2D eigenvalue weighted by atomic mass is 16.2. The van der Waals surface area contributed by atoms with Gasteiger partial charge in [0, 0.05) is 29.1 Å². The Labute approximate surface area is 173 Å². The fourth-order valence-electron chi connectivity index (χ4n) is 3.68. The smallest absolute Gasteiger partial charge is 0.329 e. The highest BCUT2D eigenvalue weighted by Gasteiger charge is 2.26. The monoisotopic (exact) mass is 402 g/mol. The molecule has 0 saturated heterocycles. The number of carbonyl (C=O) groups excluding carboxylic acids is 2. The van der Waals surface area contributed by atoms with Gasteiger partial charge in [-0.15, -0.1) is 0 Å². The Morgan fingerprint density at radius 3 is 2.33 bits per heavy atom. The molecule has 0 atom stereocenters. The topological polar surface area (TPSA) is 87.5 Å². The van der Waals surface area contributed by atoms with E-state index < -0.39 is 11.6 Å². The molecule has 0 aliphatic carbocycles. The third-order valence-corrected chi connectivity index (χ3v) is 5.26. The van der Waals surface area contributed by atoms with Crippen LogP contribution in [0.2, 0.25) is 0 Å². The zero-order valence-corrected chi connectivity index (χ0v) is 16.9. The van der Waals surface area contributed by atoms with Crippen molar-refractivity contribution in [1.29, 1.82) is 0 Å². The maximum atomic E-state index is 13.3. The van der Waals surface area contributed by atoms with Gasteiger partial charge in [0.05, 0.1) is 6.54 Å². The van der Waals surface area contributed by atoms with Crippen molar-refractivity contribution in [1.82, 2.24) is 9.55 Å². The minimum Gasteiger partial charge on any atom is -0.329 e. The first-order valence-electron chi connectivity index (χ1n) is 9.88. The predicted molar refractivity (Wildman–Crippen MR) is 116 cm³/mol. The number of anilines is 1. The number of imidazole rings is 1. The fraction of sp³-hybridized carbons (Fsp3) is 0.217. The van der Waals surface area contributed by atoms with Crippen LogP contribution >= 0.6 is 0 Å². The number of H-pyrrole nitrogens is 1. The second-order valence-electron chi connectivity index (χ2n) is 7.07. The van der Waals surface area contributed by atoms with Gasteiger partial charge < -0.3 is 9.88 Å². The summed E-state index contributed by atoms with van der Waals surface area (Å²) in [6.45, 7) is 5.34. The molecule has 1 aromatic heterocycles. The van der Waals surface area contributed by atoms with E-state index in [1.807, 2.05) is 26.0 Å². The van der Waals surface area contributed by atoms with Crippen LogP contribution in [-0.4, -0.2) is 40.2 Å². The predicted octanol–water partition coefficient (Wildman–Crippen LogP) is 2.90. The molecule has 1 N–H and O–H groups in total. The second-order valence-corrected chi connectivity index (χ2v) is 7.07. The van der Waals surface area contributed by atoms with Gasteiger partial charge in [-0.25, -0.2) is 9.36 Å². The molecule has 1 aliphatic heterocycles. The maximum absolute atomic E-state index is 13.3. The van der Waals surface area contributed by atoms with E-state index in [-0.39, 0.29) is 11.5 Å². The molecule has 0 unspecified atom stereocenters. The minimum absolute atomic E-state index is 0.0861. The quantitative estimate of drug-likeness (QED) is 0.665. The van der Waals surface area contributed by atoms with Crippen LogP contribution < -0.4 is 10.6 Å². The van der Waals surface area contributed by atoms with Crippen LogP contribution in [0.25, 0.3) is 0 Å². The molecule has 0 amide bonds. The van der Waals surface area contributed by atoms with Crippen LogP contribution in [0.4, 0.5) is 5.69 Å². The summed E-state index contributed by atoms with van der Waals surface area (Å²) in [6.07, 6.45) is 0.424. The van der Waals surface area contributed by atoms with Crippen molar-refractivity contribution < 1.29 is 9.59 Å². The Morgan fingerprint density at radius 2 is 1.73 bits per heavy atom. The molecule has 0 spiro atoms. The molecule has 7 heteroatoms. The normalized spacial score (nSPS) is 13.4. The summed E-state index contributed by atoms with van der Waals surface area (Å²) in [7, 11) is 0. The standard InChI is InChI=1S/C23H22N4O3/c1-3-19-20(27(23(30)25-19)22(29)17-7-5-4-6-8-17)21(28)16-9-11-18(12-10-16)26-14-13-24-15(26)2/h4-12H,3,13-14H2,1-2H3,(H,25,30). The van der Waals surface area contributed by atoms with Crippen molar-refractivity contribution in [3.8, 4) is 0 Å². The number of aryl methyl sites for hydroxylation is 1. The summed E-state index contributed by atoms with van der Waals surface area (Å²) in [4.78, 5) is 48.0. The summed E-state index contributed by atoms with van der Waals surface area (Å²) in [5.41, 5.74) is 1.63. The van der Waals surface area contributed by atoms with Gasteiger partial charge in [-0.2, -0.15) is 0 Å². The lowest BCUT2D eigenvalue weighted by Crippen LogP contribution is -2.28. The van der Waals surface area contributed by atoms with Gasteiger partial charge in [0.2, 0.25) is 5.78 Å². The number of aromatic nitrogens is 2. The van der Waals surface area contributed by atoms with E-state index in [0.717, 1.165) is 29.2 Å². The first-order valence-corrected chi connectivity index (χ1v) is 9.88. The molecular formula is C23H22N4O3. The summed E-state index contributed by atoms with van der Waals surface area (Å²) >= 11 is 0. The molecular weight excluding hydrogens is 380 g/mol. The van der Waals surface area contributed by atoms with Crippen molar-refractivity contribution >= 4 is 23.2 Å². The molecule has 30 heavy (non-hydrogen) atoms. The fourth-order valence-corrected chi connectivity index (χ4v) is 3.68. The van der Waals surface area contributed by atoms with Crippen LogP contribution in [0.1, 0.15) is 46.0 Å². The number of carbonyl (C=O) groups is 2. The van der Waals surface area contributed by atoms with E-state index in [1.165, 1.54) is 0 Å². The Kier molecular flexibility index (Phi) is 5.18. The van der Waals surface area contributed by atoms with E-state index in [1.54, 1.807) is 42.5 Å². The van der Waals surface area contributed by atoms with Crippen LogP contribution in [0.3, 0.4) is 0 Å². The van der Waals surface area contributed by atoms with Crippen molar-refractivity contribution in [2.45, 2.75) is 20.3 Å². The number of ketones is 1. The van der Waals surface area contributed by atoms with Crippen molar-refractivity contribution in [2.24, 2.45) is 4.99 Å². The minimum atomic E-state index is -0.607. The number of aromatic amines is 1. The lowest BCUT2D eigenvalue weighted by Gasteiger charge is -2.18. The summed E-state index contributed by atoms with van der Waals surface area (Å²) in [5.74, 6) is 0.0449. The van der Waals surface area contributed by atoms with Gasteiger partial charge in [0.1, 0.15) is 11.5 Å². The van der Waals surface area contributed by atoms with E-state index in [9.17, 15) is 14.4 Å². The molecule has 4 rings (SSSR count). The molecule has 7 nitrogen and oxygen atoms in total. The molecule has 0 fully saturated rings. The Morgan fingerprint density at radius 1 is 1.03 bits per heavy atom. The molecule has 0 saturated carbocycles. The molecule has 152 valence electrons. The van der Waals surface area contributed by atoms with Gasteiger partial charge in [-0.3, -0.25) is 14.6 Å². The average Bonchev–Trinajstić information content (AvgIpc) is 3.36. The van der Waals surface area contributed by atoms with Gasteiger partial charge in [-0.1, -0.05) is 25.1 Å². The van der Waals surface area contributed by atoms with Gasteiger partial charge in [0.25, 0.3) is 5.91 Å². The van der Waals surface area contributed by atoms with Crippen LogP contribution in [0, 0.1) is 0 Å². The molecule has 0 radical (unpaired) electrons. The number of nitrogens with one attached hydrogen (secondary N) is 1. The van der Waals surface area contributed by atoms with E-state index in [0.29, 0.717) is 23.2 Å². The lowest BCUT2D eigenvalue weighted by atomic mass is 10.0. The first-order chi connectivity index (χ1) is 14.5. The van der Waals surface area contributed by atoms with Crippen LogP contribution in [-0.2, 0) is 6.42 Å². The summed E-state index contributed by atoms with van der Waals surface area (Å²) in [5, 5.41) is 0. The number of aliphatic imine (C=N–C) groups is 1. The summed E-state index contributed by atoms with van der Waals surface area (Å²) < 4.78 is 0.946. The molecule has 0 bridgehead atoms. The second kappa shape index (κ2) is 7.94. The van der Waals surface area contributed by atoms with Crippen molar-refractivity contribution in [3.63, 3.8) is 0 Å². The van der Waals surface area contributed by atoms with E-state index in [2.05, 4.69) is 14.9 Å². The van der Waals surface area contributed by atoms with Gasteiger partial charge in [-0.05, 0) is 49.7 Å². The number of hydrogen-bond donors (Lipinski definition) is 1. The highest BCUT2D eigenvalue weighted by molar-refractivity contribution is 6.12.